The second-order valence-corrected chi connectivity index (χ2v) is 7.39. The number of benzene rings is 2. The average Bonchev–Trinajstić information content (AvgIpc) is 2.68. The molecular weight excluding hydrogens is 409 g/mol. The molecule has 0 radical (unpaired) electrons. The number of carbonyl (C=O) groups is 1. The molecule has 0 aliphatic heterocycles. The summed E-state index contributed by atoms with van der Waals surface area (Å²) >= 11 is 13.6. The monoisotopic (exact) mass is 429 g/mol. The quantitative estimate of drug-likeness (QED) is 0.586. The molecule has 0 bridgehead atoms. The van der Waals surface area contributed by atoms with E-state index >= 15 is 0 Å². The van der Waals surface area contributed by atoms with Gasteiger partial charge < -0.3 is 19.5 Å². The molecule has 0 aliphatic rings. The molecular formula is C19H21Cl2NO4S. The van der Waals surface area contributed by atoms with E-state index in [0.717, 1.165) is 17.1 Å². The highest BCUT2D eigenvalue weighted by Gasteiger charge is 2.16. The Labute approximate surface area is 173 Å². The lowest BCUT2D eigenvalue weighted by Crippen LogP contribution is -2.25. The summed E-state index contributed by atoms with van der Waals surface area (Å²) in [4.78, 5) is 12.4. The van der Waals surface area contributed by atoms with Gasteiger partial charge in [-0.25, -0.2) is 0 Å². The summed E-state index contributed by atoms with van der Waals surface area (Å²) in [6.45, 7) is 0.529. The van der Waals surface area contributed by atoms with Crippen molar-refractivity contribution < 1.29 is 19.0 Å². The fraction of sp³-hybridized carbons (Fsp3) is 0.316. The molecule has 0 atom stereocenters. The Morgan fingerprint density at radius 1 is 1.00 bits per heavy atom. The van der Waals surface area contributed by atoms with Crippen molar-refractivity contribution >= 4 is 40.9 Å². The van der Waals surface area contributed by atoms with Gasteiger partial charge in [-0.05, 0) is 29.8 Å². The highest BCUT2D eigenvalue weighted by atomic mass is 35.5. The van der Waals surface area contributed by atoms with E-state index in [2.05, 4.69) is 5.32 Å². The Balaban J connectivity index is 1.87. The van der Waals surface area contributed by atoms with Crippen LogP contribution in [0, 0.1) is 0 Å². The van der Waals surface area contributed by atoms with Crippen LogP contribution in [0.25, 0.3) is 0 Å². The molecule has 27 heavy (non-hydrogen) atoms. The summed E-state index contributed by atoms with van der Waals surface area (Å²) in [6, 6.07) is 8.83. The maximum absolute atomic E-state index is 12.4. The first-order valence-electron chi connectivity index (χ1n) is 8.10. The highest BCUT2D eigenvalue weighted by Crippen LogP contribution is 2.38. The van der Waals surface area contributed by atoms with Crippen LogP contribution in [-0.4, -0.2) is 39.5 Å². The van der Waals surface area contributed by atoms with Crippen LogP contribution in [0.1, 0.15) is 15.9 Å². The zero-order valence-electron chi connectivity index (χ0n) is 15.3. The lowest BCUT2D eigenvalue weighted by atomic mass is 10.1. The summed E-state index contributed by atoms with van der Waals surface area (Å²) < 4.78 is 15.8. The van der Waals surface area contributed by atoms with E-state index in [9.17, 15) is 4.79 Å². The molecule has 0 spiro atoms. The van der Waals surface area contributed by atoms with Gasteiger partial charge in [-0.1, -0.05) is 29.3 Å². The van der Waals surface area contributed by atoms with E-state index in [0.29, 0.717) is 39.4 Å². The van der Waals surface area contributed by atoms with Gasteiger partial charge in [0.25, 0.3) is 5.91 Å². The van der Waals surface area contributed by atoms with Crippen LogP contribution in [0.15, 0.2) is 30.3 Å². The smallest absolute Gasteiger partial charge is 0.251 e. The van der Waals surface area contributed by atoms with Crippen LogP contribution in [0.5, 0.6) is 17.2 Å². The standard InChI is InChI=1S/C19H21Cl2NO4S/c1-24-16-9-13(10-17(25-2)18(16)26-3)19(23)22-6-7-27-11-12-4-5-14(20)15(21)8-12/h4-5,8-10H,6-7,11H2,1-3H3,(H,22,23). The Kier molecular flexibility index (Phi) is 8.41. The molecule has 0 fully saturated rings. The zero-order chi connectivity index (χ0) is 19.8. The number of hydrogen-bond donors (Lipinski definition) is 1. The van der Waals surface area contributed by atoms with E-state index in [-0.39, 0.29) is 5.91 Å². The maximum Gasteiger partial charge on any atom is 0.251 e. The molecule has 1 amide bonds. The number of nitrogens with one attached hydrogen (secondary N) is 1. The summed E-state index contributed by atoms with van der Waals surface area (Å²) in [5.41, 5.74) is 1.53. The Morgan fingerprint density at radius 3 is 2.22 bits per heavy atom. The Morgan fingerprint density at radius 2 is 1.67 bits per heavy atom. The van der Waals surface area contributed by atoms with Crippen molar-refractivity contribution in [1.82, 2.24) is 5.32 Å². The minimum absolute atomic E-state index is 0.204. The van der Waals surface area contributed by atoms with Gasteiger partial charge in [-0.2, -0.15) is 11.8 Å². The van der Waals surface area contributed by atoms with Crippen LogP contribution in [-0.2, 0) is 5.75 Å². The van der Waals surface area contributed by atoms with Crippen molar-refractivity contribution in [1.29, 1.82) is 0 Å². The van der Waals surface area contributed by atoms with Gasteiger partial charge in [0.05, 0.1) is 31.4 Å². The highest BCUT2D eigenvalue weighted by molar-refractivity contribution is 7.98. The lowest BCUT2D eigenvalue weighted by molar-refractivity contribution is 0.0955. The van der Waals surface area contributed by atoms with Crippen molar-refractivity contribution in [3.05, 3.63) is 51.5 Å². The van der Waals surface area contributed by atoms with Crippen LogP contribution in [0.2, 0.25) is 10.0 Å². The molecule has 2 rings (SSSR count). The molecule has 146 valence electrons. The van der Waals surface area contributed by atoms with Crippen LogP contribution in [0.4, 0.5) is 0 Å². The SMILES string of the molecule is COc1cc(C(=O)NCCSCc2ccc(Cl)c(Cl)c2)cc(OC)c1OC. The van der Waals surface area contributed by atoms with Crippen molar-refractivity contribution in [2.45, 2.75) is 5.75 Å². The van der Waals surface area contributed by atoms with E-state index < -0.39 is 0 Å². The molecule has 0 aromatic heterocycles. The van der Waals surface area contributed by atoms with E-state index in [1.807, 2.05) is 12.1 Å². The van der Waals surface area contributed by atoms with Crippen LogP contribution in [0.3, 0.4) is 0 Å². The molecule has 0 saturated carbocycles. The van der Waals surface area contributed by atoms with Gasteiger partial charge >= 0.3 is 0 Å². The fourth-order valence-corrected chi connectivity index (χ4v) is 3.50. The molecule has 0 unspecified atom stereocenters. The van der Waals surface area contributed by atoms with Crippen LogP contribution < -0.4 is 19.5 Å². The van der Waals surface area contributed by atoms with E-state index in [1.165, 1.54) is 21.3 Å². The minimum atomic E-state index is -0.204. The molecule has 1 N–H and O–H groups in total. The van der Waals surface area contributed by atoms with Gasteiger partial charge in [0, 0.05) is 23.6 Å². The first-order chi connectivity index (χ1) is 13.0. The molecule has 0 saturated heterocycles. The average molecular weight is 430 g/mol. The third-order valence-electron chi connectivity index (χ3n) is 3.71. The molecule has 2 aromatic rings. The van der Waals surface area contributed by atoms with Gasteiger partial charge in [-0.15, -0.1) is 0 Å². The lowest BCUT2D eigenvalue weighted by Gasteiger charge is -2.14. The number of carbonyl (C=O) groups excluding carboxylic acids is 1. The normalized spacial score (nSPS) is 10.4. The van der Waals surface area contributed by atoms with E-state index in [4.69, 9.17) is 37.4 Å². The Hall–Kier alpha value is -1.76. The number of rotatable bonds is 9. The molecule has 0 heterocycles. The third kappa shape index (κ3) is 5.86. The number of hydrogen-bond acceptors (Lipinski definition) is 5. The van der Waals surface area contributed by atoms with Crippen LogP contribution >= 0.6 is 35.0 Å². The van der Waals surface area contributed by atoms with Crippen molar-refractivity contribution in [2.24, 2.45) is 0 Å². The van der Waals surface area contributed by atoms with E-state index in [1.54, 1.807) is 30.0 Å². The largest absolute Gasteiger partial charge is 0.493 e. The second-order valence-electron chi connectivity index (χ2n) is 5.47. The predicted octanol–water partition coefficient (Wildman–Crippen LogP) is 4.68. The number of halogens is 2. The first-order valence-corrected chi connectivity index (χ1v) is 10.0. The number of ether oxygens (including phenoxy) is 3. The van der Waals surface area contributed by atoms with Gasteiger partial charge in [0.1, 0.15) is 0 Å². The number of amides is 1. The zero-order valence-corrected chi connectivity index (χ0v) is 17.6. The van der Waals surface area contributed by atoms with Crippen molar-refractivity contribution in [3.8, 4) is 17.2 Å². The minimum Gasteiger partial charge on any atom is -0.493 e. The summed E-state index contributed by atoms with van der Waals surface area (Å²) in [6.07, 6.45) is 0. The topological polar surface area (TPSA) is 56.8 Å². The van der Waals surface area contributed by atoms with Gasteiger partial charge in [0.2, 0.25) is 5.75 Å². The first kappa shape index (κ1) is 21.5. The van der Waals surface area contributed by atoms with Crippen molar-refractivity contribution in [2.75, 3.05) is 33.6 Å². The summed E-state index contributed by atoms with van der Waals surface area (Å²) in [7, 11) is 4.54. The summed E-state index contributed by atoms with van der Waals surface area (Å²) in [5, 5.41) is 3.98. The molecule has 8 heteroatoms. The van der Waals surface area contributed by atoms with Gasteiger partial charge in [0.15, 0.2) is 11.5 Å². The van der Waals surface area contributed by atoms with Gasteiger partial charge in [-0.3, -0.25) is 4.79 Å². The Bertz CT molecular complexity index is 776. The second kappa shape index (κ2) is 10.5. The number of thioether (sulfide) groups is 1. The molecule has 5 nitrogen and oxygen atoms in total. The molecule has 2 aromatic carbocycles. The third-order valence-corrected chi connectivity index (χ3v) is 5.48. The van der Waals surface area contributed by atoms with Crippen molar-refractivity contribution in [3.63, 3.8) is 0 Å². The fourth-order valence-electron chi connectivity index (χ4n) is 2.37. The number of methoxy groups -OCH3 is 3. The maximum atomic E-state index is 12.4. The summed E-state index contributed by atoms with van der Waals surface area (Å²) in [5.74, 6) is 2.68. The predicted molar refractivity (Wildman–Crippen MR) is 111 cm³/mol. The molecule has 0 aliphatic carbocycles.